The fourth-order valence-corrected chi connectivity index (χ4v) is 4.21. The maximum Gasteiger partial charge on any atom is 0.223 e. The standard InChI is InChI=1S/C23H30N2O3.ClH/c1-25-19-10-12-23(13-11-19,22(24)26)15-18-14-17(6-9-21(18)28-3)16-4-7-20(27-2)8-5-16;/h4-9,14,19,25H,10-13,15H2,1-3H3,(H2,24,26);1H. The largest absolute Gasteiger partial charge is 0.497 e. The van der Waals surface area contributed by atoms with Crippen molar-refractivity contribution in [1.29, 1.82) is 0 Å². The van der Waals surface area contributed by atoms with Crippen LogP contribution in [0.15, 0.2) is 42.5 Å². The average Bonchev–Trinajstić information content (AvgIpc) is 2.74. The molecule has 29 heavy (non-hydrogen) atoms. The SMILES string of the molecule is CNC1CCC(Cc2cc(-c3ccc(OC)cc3)ccc2OC)(C(N)=O)CC1.Cl. The minimum absolute atomic E-state index is 0. The molecule has 3 rings (SSSR count). The third-order valence-corrected chi connectivity index (χ3v) is 6.11. The van der Waals surface area contributed by atoms with E-state index in [1.807, 2.05) is 43.4 Å². The molecule has 2 aromatic rings. The van der Waals surface area contributed by atoms with E-state index in [1.165, 1.54) is 0 Å². The van der Waals surface area contributed by atoms with Crippen molar-refractivity contribution >= 4 is 18.3 Å². The van der Waals surface area contributed by atoms with Gasteiger partial charge in [-0.2, -0.15) is 0 Å². The van der Waals surface area contributed by atoms with Gasteiger partial charge in [-0.1, -0.05) is 18.2 Å². The molecule has 1 aliphatic rings. The number of nitrogens with one attached hydrogen (secondary N) is 1. The summed E-state index contributed by atoms with van der Waals surface area (Å²) in [7, 11) is 5.30. The molecule has 0 unspecified atom stereocenters. The first kappa shape index (κ1) is 23.0. The number of primary amides is 1. The Kier molecular flexibility index (Phi) is 7.94. The molecule has 0 radical (unpaired) electrons. The predicted molar refractivity (Wildman–Crippen MR) is 119 cm³/mol. The van der Waals surface area contributed by atoms with Gasteiger partial charge in [0.1, 0.15) is 11.5 Å². The molecule has 0 spiro atoms. The molecule has 1 fully saturated rings. The number of halogens is 1. The Labute approximate surface area is 179 Å². The summed E-state index contributed by atoms with van der Waals surface area (Å²) < 4.78 is 10.8. The van der Waals surface area contributed by atoms with E-state index in [-0.39, 0.29) is 18.3 Å². The molecule has 0 aromatic heterocycles. The van der Waals surface area contributed by atoms with Crippen LogP contribution < -0.4 is 20.5 Å². The minimum Gasteiger partial charge on any atom is -0.497 e. The van der Waals surface area contributed by atoms with Crippen LogP contribution in [0.5, 0.6) is 11.5 Å². The predicted octanol–water partition coefficient (Wildman–Crippen LogP) is 3.97. The summed E-state index contributed by atoms with van der Waals surface area (Å²) in [5.74, 6) is 1.42. The van der Waals surface area contributed by atoms with E-state index in [1.54, 1.807) is 14.2 Å². The van der Waals surface area contributed by atoms with E-state index in [2.05, 4.69) is 11.4 Å². The molecule has 6 heteroatoms. The van der Waals surface area contributed by atoms with Crippen molar-refractivity contribution in [2.24, 2.45) is 11.1 Å². The Bertz CT molecular complexity index is 815. The van der Waals surface area contributed by atoms with E-state index < -0.39 is 5.41 Å². The second-order valence-electron chi connectivity index (χ2n) is 7.64. The molecular formula is C23H31ClN2O3. The highest BCUT2D eigenvalue weighted by Gasteiger charge is 2.40. The fraction of sp³-hybridized carbons (Fsp3) is 0.435. The quantitative estimate of drug-likeness (QED) is 0.713. The molecule has 2 aromatic carbocycles. The van der Waals surface area contributed by atoms with Crippen LogP contribution in [0.25, 0.3) is 11.1 Å². The summed E-state index contributed by atoms with van der Waals surface area (Å²) in [4.78, 5) is 12.4. The topological polar surface area (TPSA) is 73.6 Å². The molecule has 1 aliphatic carbocycles. The van der Waals surface area contributed by atoms with Gasteiger partial charge in [-0.05, 0) is 80.1 Å². The first-order valence-electron chi connectivity index (χ1n) is 9.80. The van der Waals surface area contributed by atoms with Crippen molar-refractivity contribution in [3.05, 3.63) is 48.0 Å². The lowest BCUT2D eigenvalue weighted by atomic mass is 9.68. The van der Waals surface area contributed by atoms with Gasteiger partial charge >= 0.3 is 0 Å². The van der Waals surface area contributed by atoms with Crippen molar-refractivity contribution in [2.45, 2.75) is 38.1 Å². The normalized spacial score (nSPS) is 21.1. The summed E-state index contributed by atoms with van der Waals surface area (Å²) in [6.07, 6.45) is 4.11. The van der Waals surface area contributed by atoms with Crippen LogP contribution in [0.4, 0.5) is 0 Å². The number of benzene rings is 2. The van der Waals surface area contributed by atoms with Gasteiger partial charge in [-0.3, -0.25) is 4.79 Å². The van der Waals surface area contributed by atoms with Crippen LogP contribution in [-0.4, -0.2) is 33.2 Å². The van der Waals surface area contributed by atoms with Crippen LogP contribution in [0.1, 0.15) is 31.2 Å². The fourth-order valence-electron chi connectivity index (χ4n) is 4.21. The van der Waals surface area contributed by atoms with Gasteiger partial charge < -0.3 is 20.5 Å². The zero-order valence-corrected chi connectivity index (χ0v) is 18.2. The number of ether oxygens (including phenoxy) is 2. The number of carbonyl (C=O) groups excluding carboxylic acids is 1. The van der Waals surface area contributed by atoms with Crippen molar-refractivity contribution in [3.8, 4) is 22.6 Å². The molecule has 1 amide bonds. The zero-order valence-electron chi connectivity index (χ0n) is 17.4. The second kappa shape index (κ2) is 9.99. The molecule has 3 N–H and O–H groups in total. The highest BCUT2D eigenvalue weighted by Crippen LogP contribution is 2.41. The van der Waals surface area contributed by atoms with Crippen molar-refractivity contribution in [2.75, 3.05) is 21.3 Å². The first-order valence-corrected chi connectivity index (χ1v) is 9.80. The van der Waals surface area contributed by atoms with Crippen molar-refractivity contribution in [1.82, 2.24) is 5.32 Å². The highest BCUT2D eigenvalue weighted by molar-refractivity contribution is 5.85. The lowest BCUT2D eigenvalue weighted by molar-refractivity contribution is -0.129. The minimum atomic E-state index is -0.515. The number of methoxy groups -OCH3 is 2. The number of carbonyl (C=O) groups is 1. The van der Waals surface area contributed by atoms with E-state index >= 15 is 0 Å². The molecule has 0 aliphatic heterocycles. The van der Waals surface area contributed by atoms with Crippen LogP contribution in [0.2, 0.25) is 0 Å². The van der Waals surface area contributed by atoms with Gasteiger partial charge in [-0.25, -0.2) is 0 Å². The Morgan fingerprint density at radius 1 is 1.07 bits per heavy atom. The lowest BCUT2D eigenvalue weighted by Gasteiger charge is -2.38. The zero-order chi connectivity index (χ0) is 20.1. The Morgan fingerprint density at radius 2 is 1.69 bits per heavy atom. The number of hydrogen-bond acceptors (Lipinski definition) is 4. The summed E-state index contributed by atoms with van der Waals surface area (Å²) in [6, 6.07) is 14.6. The Balaban J connectivity index is 0.00000300. The number of nitrogens with two attached hydrogens (primary N) is 1. The lowest BCUT2D eigenvalue weighted by Crippen LogP contribution is -2.45. The maximum atomic E-state index is 12.4. The maximum absolute atomic E-state index is 12.4. The van der Waals surface area contributed by atoms with Gasteiger partial charge in [0.15, 0.2) is 0 Å². The summed E-state index contributed by atoms with van der Waals surface area (Å²) in [5, 5.41) is 3.32. The number of amides is 1. The van der Waals surface area contributed by atoms with Crippen molar-refractivity contribution < 1.29 is 14.3 Å². The molecular weight excluding hydrogens is 388 g/mol. The molecule has 0 saturated heterocycles. The van der Waals surface area contributed by atoms with E-state index in [0.717, 1.165) is 53.9 Å². The molecule has 158 valence electrons. The van der Waals surface area contributed by atoms with Crippen LogP contribution >= 0.6 is 12.4 Å². The van der Waals surface area contributed by atoms with Crippen molar-refractivity contribution in [3.63, 3.8) is 0 Å². The number of rotatable bonds is 7. The monoisotopic (exact) mass is 418 g/mol. The van der Waals surface area contributed by atoms with Gasteiger partial charge in [0.2, 0.25) is 5.91 Å². The average molecular weight is 419 g/mol. The Hall–Kier alpha value is -2.24. The van der Waals surface area contributed by atoms with E-state index in [0.29, 0.717) is 12.5 Å². The van der Waals surface area contributed by atoms with Crippen LogP contribution in [0.3, 0.4) is 0 Å². The van der Waals surface area contributed by atoms with Gasteiger partial charge in [0.25, 0.3) is 0 Å². The number of hydrogen-bond donors (Lipinski definition) is 2. The highest BCUT2D eigenvalue weighted by atomic mass is 35.5. The third kappa shape index (κ3) is 5.03. The second-order valence-corrected chi connectivity index (χ2v) is 7.64. The van der Waals surface area contributed by atoms with Gasteiger partial charge in [0, 0.05) is 6.04 Å². The van der Waals surface area contributed by atoms with E-state index in [9.17, 15) is 4.79 Å². The molecule has 0 atom stereocenters. The molecule has 1 saturated carbocycles. The molecule has 0 heterocycles. The van der Waals surface area contributed by atoms with Gasteiger partial charge in [-0.15, -0.1) is 12.4 Å². The Morgan fingerprint density at radius 3 is 2.21 bits per heavy atom. The van der Waals surface area contributed by atoms with Crippen LogP contribution in [0, 0.1) is 5.41 Å². The summed E-state index contributed by atoms with van der Waals surface area (Å²) in [6.45, 7) is 0. The first-order chi connectivity index (χ1) is 13.5. The van der Waals surface area contributed by atoms with Crippen LogP contribution in [-0.2, 0) is 11.2 Å². The van der Waals surface area contributed by atoms with Gasteiger partial charge in [0.05, 0.1) is 19.6 Å². The summed E-state index contributed by atoms with van der Waals surface area (Å²) in [5.41, 5.74) is 8.59. The molecule has 0 bridgehead atoms. The summed E-state index contributed by atoms with van der Waals surface area (Å²) >= 11 is 0. The third-order valence-electron chi connectivity index (χ3n) is 6.11. The molecule has 5 nitrogen and oxygen atoms in total. The van der Waals surface area contributed by atoms with E-state index in [4.69, 9.17) is 15.2 Å². The smallest absolute Gasteiger partial charge is 0.223 e.